The molecule has 0 aliphatic carbocycles. The van der Waals surface area contributed by atoms with Crippen molar-refractivity contribution in [3.05, 3.63) is 62.6 Å². The second-order valence-electron chi connectivity index (χ2n) is 5.63. The topological polar surface area (TPSA) is 53.5 Å². The number of aliphatic imine (C=N–C) groups is 1. The van der Waals surface area contributed by atoms with Gasteiger partial charge in [-0.3, -0.25) is 9.79 Å². The lowest BCUT2D eigenvalue weighted by Crippen LogP contribution is -2.26. The number of nitrogens with zero attached hydrogens (tertiary/aromatic N) is 1. The minimum Gasteiger partial charge on any atom is -0.354 e. The van der Waals surface area contributed by atoms with Gasteiger partial charge in [0.1, 0.15) is 0 Å². The monoisotopic (exact) mass is 431 g/mol. The van der Waals surface area contributed by atoms with Crippen molar-refractivity contribution in [1.82, 2.24) is 5.32 Å². The summed E-state index contributed by atoms with van der Waals surface area (Å²) in [7, 11) is 0. The fraction of sp³-hybridized carbons (Fsp3) is 0.222. The SMILES string of the molecule is Cl.O=C(CCc1ccc(NC2=NCCN2)cc1)c1ccc(Cl)c(Cl)c1Cl. The van der Waals surface area contributed by atoms with E-state index in [9.17, 15) is 4.79 Å². The van der Waals surface area contributed by atoms with Crippen LogP contribution in [-0.2, 0) is 6.42 Å². The first-order chi connectivity index (χ1) is 12.0. The van der Waals surface area contributed by atoms with Crippen LogP contribution in [0.25, 0.3) is 0 Å². The molecule has 0 amide bonds. The number of hydrogen-bond donors (Lipinski definition) is 2. The van der Waals surface area contributed by atoms with E-state index in [1.165, 1.54) is 0 Å². The summed E-state index contributed by atoms with van der Waals surface area (Å²) in [6.07, 6.45) is 0.966. The first-order valence-corrected chi connectivity index (χ1v) is 8.99. The Bertz CT molecular complexity index is 822. The van der Waals surface area contributed by atoms with Crippen LogP contribution in [0.2, 0.25) is 15.1 Å². The van der Waals surface area contributed by atoms with Gasteiger partial charge < -0.3 is 10.6 Å². The zero-order chi connectivity index (χ0) is 17.8. The van der Waals surface area contributed by atoms with Crippen LogP contribution in [0.1, 0.15) is 22.3 Å². The summed E-state index contributed by atoms with van der Waals surface area (Å²) in [4.78, 5) is 16.7. The van der Waals surface area contributed by atoms with Gasteiger partial charge in [-0.2, -0.15) is 0 Å². The van der Waals surface area contributed by atoms with Gasteiger partial charge >= 0.3 is 0 Å². The lowest BCUT2D eigenvalue weighted by atomic mass is 10.0. The van der Waals surface area contributed by atoms with Gasteiger partial charge in [0, 0.05) is 24.2 Å². The van der Waals surface area contributed by atoms with E-state index in [-0.39, 0.29) is 28.2 Å². The molecule has 1 aliphatic heterocycles. The first-order valence-electron chi connectivity index (χ1n) is 7.85. The predicted octanol–water partition coefficient (Wildman–Crippen LogP) is 5.26. The number of rotatable bonds is 5. The van der Waals surface area contributed by atoms with Gasteiger partial charge in [0.05, 0.1) is 21.6 Å². The number of carbonyl (C=O) groups is 1. The molecule has 0 radical (unpaired) electrons. The standard InChI is InChI=1S/C18H16Cl3N3O.ClH/c19-14-7-6-13(16(20)17(14)21)15(25)8-3-11-1-4-12(5-2-11)24-18-22-9-10-23-18;/h1-2,4-7H,3,8-10H2,(H2,22,23,24);1H. The number of halogens is 4. The summed E-state index contributed by atoms with van der Waals surface area (Å²) in [5.74, 6) is 0.729. The van der Waals surface area contributed by atoms with Gasteiger partial charge in [0.25, 0.3) is 0 Å². The van der Waals surface area contributed by atoms with E-state index in [4.69, 9.17) is 34.8 Å². The molecular formula is C18H17Cl4N3O. The number of hydrogen-bond acceptors (Lipinski definition) is 4. The maximum Gasteiger partial charge on any atom is 0.195 e. The lowest BCUT2D eigenvalue weighted by Gasteiger charge is -2.08. The number of Topliss-reactive ketones (excluding diaryl/α,β-unsaturated/α-hetero) is 1. The van der Waals surface area contributed by atoms with Crippen molar-refractivity contribution >= 4 is 64.6 Å². The lowest BCUT2D eigenvalue weighted by molar-refractivity contribution is 0.0983. The summed E-state index contributed by atoms with van der Waals surface area (Å²) < 4.78 is 0. The minimum absolute atomic E-state index is 0. The molecule has 8 heteroatoms. The highest BCUT2D eigenvalue weighted by Crippen LogP contribution is 2.33. The molecule has 2 N–H and O–H groups in total. The van der Waals surface area contributed by atoms with E-state index in [1.54, 1.807) is 12.1 Å². The summed E-state index contributed by atoms with van der Waals surface area (Å²) in [6, 6.07) is 11.1. The Morgan fingerprint density at radius 3 is 2.46 bits per heavy atom. The van der Waals surface area contributed by atoms with E-state index in [2.05, 4.69) is 15.6 Å². The maximum atomic E-state index is 12.4. The van der Waals surface area contributed by atoms with Crippen molar-refractivity contribution < 1.29 is 4.79 Å². The van der Waals surface area contributed by atoms with Crippen LogP contribution in [0, 0.1) is 0 Å². The van der Waals surface area contributed by atoms with Crippen LogP contribution in [0.5, 0.6) is 0 Å². The third kappa shape index (κ3) is 5.04. The number of ketones is 1. The molecule has 0 fully saturated rings. The summed E-state index contributed by atoms with van der Waals surface area (Å²) in [6.45, 7) is 1.65. The third-order valence-corrected chi connectivity index (χ3v) is 5.16. The summed E-state index contributed by atoms with van der Waals surface area (Å²) in [5.41, 5.74) is 2.42. The number of carbonyl (C=O) groups excluding carboxylic acids is 1. The average Bonchev–Trinajstić information content (AvgIpc) is 3.12. The summed E-state index contributed by atoms with van der Waals surface area (Å²) in [5, 5.41) is 7.13. The third-order valence-electron chi connectivity index (χ3n) is 3.87. The molecule has 0 atom stereocenters. The van der Waals surface area contributed by atoms with E-state index in [0.717, 1.165) is 30.3 Å². The molecule has 0 spiro atoms. The smallest absolute Gasteiger partial charge is 0.195 e. The molecule has 0 bridgehead atoms. The molecule has 26 heavy (non-hydrogen) atoms. The second-order valence-corrected chi connectivity index (χ2v) is 6.79. The molecule has 138 valence electrons. The van der Waals surface area contributed by atoms with Gasteiger partial charge in [-0.05, 0) is 36.2 Å². The van der Waals surface area contributed by atoms with Crippen molar-refractivity contribution in [2.24, 2.45) is 4.99 Å². The zero-order valence-electron chi connectivity index (χ0n) is 13.7. The number of aryl methyl sites for hydroxylation is 1. The molecule has 0 saturated heterocycles. The quantitative estimate of drug-likeness (QED) is 0.500. The van der Waals surface area contributed by atoms with Gasteiger partial charge in [-0.1, -0.05) is 46.9 Å². The first kappa shape index (κ1) is 20.8. The van der Waals surface area contributed by atoms with E-state index in [0.29, 0.717) is 23.4 Å². The van der Waals surface area contributed by atoms with E-state index >= 15 is 0 Å². The van der Waals surface area contributed by atoms with Crippen LogP contribution in [0.15, 0.2) is 41.4 Å². The molecular weight excluding hydrogens is 416 g/mol. The number of anilines is 1. The Balaban J connectivity index is 0.00000243. The van der Waals surface area contributed by atoms with Crippen molar-refractivity contribution in [2.75, 3.05) is 18.4 Å². The fourth-order valence-corrected chi connectivity index (χ4v) is 3.15. The molecule has 0 saturated carbocycles. The minimum atomic E-state index is -0.0599. The second kappa shape index (κ2) is 9.47. The maximum absolute atomic E-state index is 12.4. The van der Waals surface area contributed by atoms with Gasteiger partial charge in [-0.15, -0.1) is 12.4 Å². The Hall–Kier alpha value is -1.46. The van der Waals surface area contributed by atoms with Crippen LogP contribution >= 0.6 is 47.2 Å². The van der Waals surface area contributed by atoms with Crippen LogP contribution in [0.4, 0.5) is 5.69 Å². The highest BCUT2D eigenvalue weighted by Gasteiger charge is 2.15. The molecule has 0 unspecified atom stereocenters. The molecule has 4 nitrogen and oxygen atoms in total. The number of guanidine groups is 1. The van der Waals surface area contributed by atoms with Crippen molar-refractivity contribution in [2.45, 2.75) is 12.8 Å². The Kier molecular flexibility index (Phi) is 7.59. The Labute approximate surface area is 173 Å². The van der Waals surface area contributed by atoms with Crippen molar-refractivity contribution in [3.8, 4) is 0 Å². The highest BCUT2D eigenvalue weighted by molar-refractivity contribution is 6.49. The van der Waals surface area contributed by atoms with Crippen LogP contribution in [0.3, 0.4) is 0 Å². The van der Waals surface area contributed by atoms with Crippen LogP contribution in [-0.4, -0.2) is 24.8 Å². The molecule has 0 aromatic heterocycles. The Morgan fingerprint density at radius 1 is 1.08 bits per heavy atom. The normalized spacial score (nSPS) is 12.8. The molecule has 3 rings (SSSR count). The molecule has 1 aliphatic rings. The predicted molar refractivity (Wildman–Crippen MR) is 112 cm³/mol. The Morgan fingerprint density at radius 2 is 1.81 bits per heavy atom. The van der Waals surface area contributed by atoms with Gasteiger partial charge in [0.15, 0.2) is 11.7 Å². The largest absolute Gasteiger partial charge is 0.354 e. The molecule has 2 aromatic carbocycles. The van der Waals surface area contributed by atoms with Gasteiger partial charge in [0.2, 0.25) is 0 Å². The van der Waals surface area contributed by atoms with E-state index in [1.807, 2.05) is 24.3 Å². The average molecular weight is 433 g/mol. The van der Waals surface area contributed by atoms with E-state index < -0.39 is 0 Å². The zero-order valence-corrected chi connectivity index (χ0v) is 16.8. The molecule has 1 heterocycles. The summed E-state index contributed by atoms with van der Waals surface area (Å²) >= 11 is 18.0. The molecule has 2 aromatic rings. The van der Waals surface area contributed by atoms with Crippen LogP contribution < -0.4 is 10.6 Å². The number of nitrogens with one attached hydrogen (secondary N) is 2. The van der Waals surface area contributed by atoms with Crippen molar-refractivity contribution in [1.29, 1.82) is 0 Å². The van der Waals surface area contributed by atoms with Gasteiger partial charge in [-0.25, -0.2) is 0 Å². The highest BCUT2D eigenvalue weighted by atomic mass is 35.5. The fourth-order valence-electron chi connectivity index (χ4n) is 2.51. The van der Waals surface area contributed by atoms with Crippen molar-refractivity contribution in [3.63, 3.8) is 0 Å². The number of benzene rings is 2.